The summed E-state index contributed by atoms with van der Waals surface area (Å²) < 4.78 is 5.45. The number of aliphatic hydroxyl groups excluding tert-OH is 1. The maximum atomic E-state index is 8.84. The summed E-state index contributed by atoms with van der Waals surface area (Å²) in [5, 5.41) is 8.84. The standard InChI is InChI=1S/C11H15NO2/c1-9(2)4-6-14-11-3-5-12-10(7-11)8-13/h3,5,7,13H,1,4,6,8H2,2H3. The number of rotatable bonds is 5. The lowest BCUT2D eigenvalue weighted by molar-refractivity contribution is 0.274. The summed E-state index contributed by atoms with van der Waals surface area (Å²) in [6.07, 6.45) is 2.47. The van der Waals surface area contributed by atoms with Gasteiger partial charge in [0.1, 0.15) is 5.75 Å². The van der Waals surface area contributed by atoms with Crippen LogP contribution in [0.4, 0.5) is 0 Å². The van der Waals surface area contributed by atoms with E-state index in [4.69, 9.17) is 9.84 Å². The minimum absolute atomic E-state index is 0.0579. The van der Waals surface area contributed by atoms with Gasteiger partial charge in [-0.15, -0.1) is 6.58 Å². The zero-order valence-corrected chi connectivity index (χ0v) is 8.36. The highest BCUT2D eigenvalue weighted by molar-refractivity contribution is 5.22. The van der Waals surface area contributed by atoms with E-state index < -0.39 is 0 Å². The Morgan fingerprint density at radius 3 is 3.07 bits per heavy atom. The van der Waals surface area contributed by atoms with E-state index in [0.29, 0.717) is 12.3 Å². The summed E-state index contributed by atoms with van der Waals surface area (Å²) in [5.41, 5.74) is 1.72. The topological polar surface area (TPSA) is 42.4 Å². The first kappa shape index (κ1) is 10.7. The van der Waals surface area contributed by atoms with E-state index >= 15 is 0 Å². The van der Waals surface area contributed by atoms with Gasteiger partial charge in [-0.3, -0.25) is 4.98 Å². The molecule has 0 atom stereocenters. The molecule has 0 saturated heterocycles. The minimum Gasteiger partial charge on any atom is -0.493 e. The van der Waals surface area contributed by atoms with E-state index in [0.717, 1.165) is 17.7 Å². The van der Waals surface area contributed by atoms with Gasteiger partial charge in [-0.1, -0.05) is 5.57 Å². The van der Waals surface area contributed by atoms with Gasteiger partial charge in [0, 0.05) is 18.7 Å². The van der Waals surface area contributed by atoms with Gasteiger partial charge in [0.2, 0.25) is 0 Å². The molecule has 3 heteroatoms. The van der Waals surface area contributed by atoms with Crippen molar-refractivity contribution in [2.75, 3.05) is 6.61 Å². The Morgan fingerprint density at radius 2 is 2.43 bits per heavy atom. The van der Waals surface area contributed by atoms with Gasteiger partial charge in [-0.25, -0.2) is 0 Å². The van der Waals surface area contributed by atoms with Crippen molar-refractivity contribution in [3.05, 3.63) is 36.2 Å². The molecule has 0 aromatic carbocycles. The summed E-state index contributed by atoms with van der Waals surface area (Å²) >= 11 is 0. The highest BCUT2D eigenvalue weighted by Gasteiger charge is 1.96. The normalized spacial score (nSPS) is 9.86. The lowest BCUT2D eigenvalue weighted by atomic mass is 10.2. The Balaban J connectivity index is 2.46. The molecule has 1 aromatic heterocycles. The van der Waals surface area contributed by atoms with Crippen molar-refractivity contribution in [3.8, 4) is 5.75 Å². The second-order valence-corrected chi connectivity index (χ2v) is 3.20. The molecule has 76 valence electrons. The largest absolute Gasteiger partial charge is 0.493 e. The number of nitrogens with zero attached hydrogens (tertiary/aromatic N) is 1. The fourth-order valence-electron chi connectivity index (χ4n) is 0.975. The molecule has 1 aromatic rings. The average molecular weight is 193 g/mol. The molecule has 0 aliphatic rings. The van der Waals surface area contributed by atoms with Gasteiger partial charge in [0.15, 0.2) is 0 Å². The predicted molar refractivity (Wildman–Crippen MR) is 55.1 cm³/mol. The lowest BCUT2D eigenvalue weighted by Crippen LogP contribution is -1.98. The molecular formula is C11H15NO2. The van der Waals surface area contributed by atoms with Crippen LogP contribution >= 0.6 is 0 Å². The van der Waals surface area contributed by atoms with Crippen LogP contribution in [-0.2, 0) is 6.61 Å². The van der Waals surface area contributed by atoms with Crippen LogP contribution in [0.25, 0.3) is 0 Å². The first-order valence-corrected chi connectivity index (χ1v) is 4.55. The molecule has 0 bridgehead atoms. The van der Waals surface area contributed by atoms with Gasteiger partial charge in [-0.2, -0.15) is 0 Å². The van der Waals surface area contributed by atoms with Crippen molar-refractivity contribution in [2.24, 2.45) is 0 Å². The highest BCUT2D eigenvalue weighted by atomic mass is 16.5. The molecule has 14 heavy (non-hydrogen) atoms. The van der Waals surface area contributed by atoms with Crippen molar-refractivity contribution in [3.63, 3.8) is 0 Å². The van der Waals surface area contributed by atoms with Crippen LogP contribution in [0.5, 0.6) is 5.75 Å². The van der Waals surface area contributed by atoms with Crippen LogP contribution in [0.3, 0.4) is 0 Å². The van der Waals surface area contributed by atoms with E-state index in [1.165, 1.54) is 0 Å². The Kier molecular flexibility index (Phi) is 4.13. The number of aromatic nitrogens is 1. The number of ether oxygens (including phenoxy) is 1. The average Bonchev–Trinajstić information content (AvgIpc) is 2.18. The molecule has 0 radical (unpaired) electrons. The summed E-state index contributed by atoms with van der Waals surface area (Å²) in [6, 6.07) is 3.51. The maximum absolute atomic E-state index is 8.84. The maximum Gasteiger partial charge on any atom is 0.122 e. The number of aliphatic hydroxyl groups is 1. The molecule has 0 saturated carbocycles. The predicted octanol–water partition coefficient (Wildman–Crippen LogP) is 1.92. The third-order valence-corrected chi connectivity index (χ3v) is 1.75. The smallest absolute Gasteiger partial charge is 0.122 e. The first-order chi connectivity index (χ1) is 6.72. The van der Waals surface area contributed by atoms with Gasteiger partial charge in [0.05, 0.1) is 18.9 Å². The van der Waals surface area contributed by atoms with Gasteiger partial charge in [-0.05, 0) is 13.0 Å². The molecule has 0 unspecified atom stereocenters. The first-order valence-electron chi connectivity index (χ1n) is 4.55. The van der Waals surface area contributed by atoms with Crippen LogP contribution in [0.2, 0.25) is 0 Å². The highest BCUT2D eigenvalue weighted by Crippen LogP contribution is 2.11. The van der Waals surface area contributed by atoms with E-state index in [2.05, 4.69) is 11.6 Å². The van der Waals surface area contributed by atoms with Crippen molar-refractivity contribution >= 4 is 0 Å². The van der Waals surface area contributed by atoms with Crippen LogP contribution < -0.4 is 4.74 Å². The third-order valence-electron chi connectivity index (χ3n) is 1.75. The Labute approximate surface area is 84.1 Å². The second kappa shape index (κ2) is 5.40. The van der Waals surface area contributed by atoms with Crippen LogP contribution in [-0.4, -0.2) is 16.7 Å². The van der Waals surface area contributed by atoms with Crippen molar-refractivity contribution in [2.45, 2.75) is 20.0 Å². The summed E-state index contributed by atoms with van der Waals surface area (Å²) in [7, 11) is 0. The number of hydrogen-bond donors (Lipinski definition) is 1. The Morgan fingerprint density at radius 1 is 1.64 bits per heavy atom. The van der Waals surface area contributed by atoms with Crippen LogP contribution in [0.15, 0.2) is 30.5 Å². The van der Waals surface area contributed by atoms with Crippen LogP contribution in [0.1, 0.15) is 19.0 Å². The van der Waals surface area contributed by atoms with E-state index in [1.54, 1.807) is 18.3 Å². The van der Waals surface area contributed by atoms with Crippen molar-refractivity contribution in [1.82, 2.24) is 4.98 Å². The minimum atomic E-state index is -0.0579. The summed E-state index contributed by atoms with van der Waals surface area (Å²) in [6.45, 7) is 6.31. The molecule has 0 aliphatic heterocycles. The zero-order chi connectivity index (χ0) is 10.4. The number of pyridine rings is 1. The molecule has 0 amide bonds. The van der Waals surface area contributed by atoms with Crippen LogP contribution in [0, 0.1) is 0 Å². The zero-order valence-electron chi connectivity index (χ0n) is 8.36. The molecule has 0 spiro atoms. The van der Waals surface area contributed by atoms with Gasteiger partial charge in [0.25, 0.3) is 0 Å². The van der Waals surface area contributed by atoms with E-state index in [9.17, 15) is 0 Å². The quantitative estimate of drug-likeness (QED) is 0.726. The lowest BCUT2D eigenvalue weighted by Gasteiger charge is -2.06. The third kappa shape index (κ3) is 3.58. The molecule has 1 rings (SSSR count). The van der Waals surface area contributed by atoms with E-state index in [-0.39, 0.29) is 6.61 Å². The second-order valence-electron chi connectivity index (χ2n) is 3.20. The molecule has 0 aliphatic carbocycles. The monoisotopic (exact) mass is 193 g/mol. The fraction of sp³-hybridized carbons (Fsp3) is 0.364. The summed E-state index contributed by atoms with van der Waals surface area (Å²) in [4.78, 5) is 3.95. The summed E-state index contributed by atoms with van der Waals surface area (Å²) in [5.74, 6) is 0.741. The fourth-order valence-corrected chi connectivity index (χ4v) is 0.975. The van der Waals surface area contributed by atoms with Crippen molar-refractivity contribution < 1.29 is 9.84 Å². The molecule has 1 N–H and O–H groups in total. The molecular weight excluding hydrogens is 178 g/mol. The Bertz CT molecular complexity index is 310. The molecule has 1 heterocycles. The van der Waals surface area contributed by atoms with Crippen molar-refractivity contribution in [1.29, 1.82) is 0 Å². The Hall–Kier alpha value is -1.35. The molecule has 0 fully saturated rings. The SMILES string of the molecule is C=C(C)CCOc1ccnc(CO)c1. The number of hydrogen-bond acceptors (Lipinski definition) is 3. The van der Waals surface area contributed by atoms with Gasteiger partial charge >= 0.3 is 0 Å². The molecule has 3 nitrogen and oxygen atoms in total. The van der Waals surface area contributed by atoms with E-state index in [1.807, 2.05) is 6.92 Å². The van der Waals surface area contributed by atoms with Gasteiger partial charge < -0.3 is 9.84 Å².